The van der Waals surface area contributed by atoms with Gasteiger partial charge >= 0.3 is 5.97 Å². The lowest BCUT2D eigenvalue weighted by Crippen LogP contribution is -2.55. The SMILES string of the molecule is CC(C)(CC(=O)O)C1CCC2CC1C2(C)C. The van der Waals surface area contributed by atoms with E-state index in [1.54, 1.807) is 0 Å². The van der Waals surface area contributed by atoms with Gasteiger partial charge in [-0.2, -0.15) is 0 Å². The summed E-state index contributed by atoms with van der Waals surface area (Å²) in [5.41, 5.74) is 0.415. The van der Waals surface area contributed by atoms with Gasteiger partial charge in [-0.1, -0.05) is 27.7 Å². The summed E-state index contributed by atoms with van der Waals surface area (Å²) in [5.74, 6) is 1.60. The Morgan fingerprint density at radius 3 is 2.44 bits per heavy atom. The van der Waals surface area contributed by atoms with Crippen LogP contribution in [0.4, 0.5) is 0 Å². The zero-order chi connectivity index (χ0) is 12.1. The van der Waals surface area contributed by atoms with E-state index < -0.39 is 5.97 Å². The summed E-state index contributed by atoms with van der Waals surface area (Å²) in [5, 5.41) is 9.01. The minimum atomic E-state index is -0.649. The topological polar surface area (TPSA) is 37.3 Å². The van der Waals surface area contributed by atoms with E-state index in [4.69, 9.17) is 5.11 Å². The van der Waals surface area contributed by atoms with Crippen LogP contribution in [-0.2, 0) is 4.79 Å². The van der Waals surface area contributed by atoms with E-state index in [0.29, 0.717) is 17.8 Å². The molecule has 16 heavy (non-hydrogen) atoms. The van der Waals surface area contributed by atoms with E-state index in [-0.39, 0.29) is 5.41 Å². The molecule has 92 valence electrons. The normalized spacial score (nSPS) is 36.6. The number of carboxylic acids is 1. The molecule has 2 heteroatoms. The molecule has 0 aromatic rings. The molecule has 1 N–H and O–H groups in total. The van der Waals surface area contributed by atoms with E-state index in [1.807, 2.05) is 0 Å². The van der Waals surface area contributed by atoms with Crippen molar-refractivity contribution in [2.24, 2.45) is 28.6 Å². The minimum Gasteiger partial charge on any atom is -0.481 e. The summed E-state index contributed by atoms with van der Waals surface area (Å²) in [6, 6.07) is 0. The number of aliphatic carboxylic acids is 1. The third kappa shape index (κ3) is 1.66. The Kier molecular flexibility index (Phi) is 2.60. The van der Waals surface area contributed by atoms with E-state index >= 15 is 0 Å². The Balaban J connectivity index is 2.12. The second kappa shape index (κ2) is 3.48. The number of fused-ring (bicyclic) bond motifs is 2. The Labute approximate surface area is 98.4 Å². The quantitative estimate of drug-likeness (QED) is 0.796. The molecule has 3 aliphatic rings. The Morgan fingerprint density at radius 2 is 2.00 bits per heavy atom. The van der Waals surface area contributed by atoms with Crippen molar-refractivity contribution >= 4 is 5.97 Å². The first-order valence-electron chi connectivity index (χ1n) is 6.47. The van der Waals surface area contributed by atoms with Gasteiger partial charge in [0.2, 0.25) is 0 Å². The standard InChI is InChI=1S/C14H24O2/c1-13(2,8-12(15)16)10-6-5-9-7-11(10)14(9,3)4/h9-11H,5-8H2,1-4H3,(H,15,16). The molecular weight excluding hydrogens is 200 g/mol. The highest BCUT2D eigenvalue weighted by atomic mass is 16.4. The van der Waals surface area contributed by atoms with E-state index in [2.05, 4.69) is 27.7 Å². The minimum absolute atomic E-state index is 0.0425. The Bertz CT molecular complexity index is 302. The largest absolute Gasteiger partial charge is 0.481 e. The monoisotopic (exact) mass is 224 g/mol. The molecule has 0 saturated heterocycles. The lowest BCUT2D eigenvalue weighted by atomic mass is 9.42. The van der Waals surface area contributed by atoms with Gasteiger partial charge in [0.05, 0.1) is 6.42 Å². The molecule has 3 atom stereocenters. The van der Waals surface area contributed by atoms with Crippen molar-refractivity contribution in [1.29, 1.82) is 0 Å². The smallest absolute Gasteiger partial charge is 0.303 e. The zero-order valence-corrected chi connectivity index (χ0v) is 10.9. The van der Waals surface area contributed by atoms with Gasteiger partial charge in [0, 0.05) is 0 Å². The molecule has 0 heterocycles. The van der Waals surface area contributed by atoms with Crippen LogP contribution in [0.2, 0.25) is 0 Å². The van der Waals surface area contributed by atoms with Crippen molar-refractivity contribution in [3.8, 4) is 0 Å². The summed E-state index contributed by atoms with van der Waals surface area (Å²) in [7, 11) is 0. The van der Waals surface area contributed by atoms with Gasteiger partial charge in [-0.15, -0.1) is 0 Å². The molecule has 0 amide bonds. The number of hydrogen-bond donors (Lipinski definition) is 1. The molecule has 0 aliphatic heterocycles. The maximum atomic E-state index is 10.9. The van der Waals surface area contributed by atoms with Crippen molar-refractivity contribution in [2.75, 3.05) is 0 Å². The van der Waals surface area contributed by atoms with Crippen LogP contribution in [-0.4, -0.2) is 11.1 Å². The Hall–Kier alpha value is -0.530. The lowest BCUT2D eigenvalue weighted by molar-refractivity contribution is -0.154. The van der Waals surface area contributed by atoms with Crippen LogP contribution in [0.25, 0.3) is 0 Å². The molecule has 0 aromatic heterocycles. The molecule has 0 aromatic carbocycles. The summed E-state index contributed by atoms with van der Waals surface area (Å²) in [6.07, 6.45) is 4.19. The fourth-order valence-electron chi connectivity index (χ4n) is 4.27. The van der Waals surface area contributed by atoms with Crippen molar-refractivity contribution in [3.05, 3.63) is 0 Å². The molecule has 3 aliphatic carbocycles. The zero-order valence-electron chi connectivity index (χ0n) is 10.9. The third-order valence-electron chi connectivity index (χ3n) is 5.47. The second-order valence-electron chi connectivity index (χ2n) is 7.10. The van der Waals surface area contributed by atoms with Crippen LogP contribution < -0.4 is 0 Å². The average molecular weight is 224 g/mol. The highest BCUT2D eigenvalue weighted by Gasteiger charge is 2.57. The first kappa shape index (κ1) is 11.9. The van der Waals surface area contributed by atoms with Crippen molar-refractivity contribution < 1.29 is 9.90 Å². The molecule has 0 radical (unpaired) electrons. The van der Waals surface area contributed by atoms with Crippen LogP contribution in [0.1, 0.15) is 53.4 Å². The highest BCUT2D eigenvalue weighted by molar-refractivity contribution is 5.67. The van der Waals surface area contributed by atoms with Crippen molar-refractivity contribution in [2.45, 2.75) is 53.4 Å². The number of carbonyl (C=O) groups is 1. The Morgan fingerprint density at radius 1 is 1.38 bits per heavy atom. The van der Waals surface area contributed by atoms with Crippen LogP contribution in [0.3, 0.4) is 0 Å². The maximum absolute atomic E-state index is 10.9. The third-order valence-corrected chi connectivity index (χ3v) is 5.47. The number of rotatable bonds is 3. The molecule has 3 unspecified atom stereocenters. The van der Waals surface area contributed by atoms with Gasteiger partial charge in [0.15, 0.2) is 0 Å². The number of hydrogen-bond acceptors (Lipinski definition) is 1. The summed E-state index contributed by atoms with van der Waals surface area (Å²) in [4.78, 5) is 10.9. The van der Waals surface area contributed by atoms with Gasteiger partial charge in [0.1, 0.15) is 0 Å². The van der Waals surface area contributed by atoms with Crippen LogP contribution in [0, 0.1) is 28.6 Å². The maximum Gasteiger partial charge on any atom is 0.303 e. The van der Waals surface area contributed by atoms with E-state index in [0.717, 1.165) is 11.8 Å². The molecule has 3 rings (SSSR count). The summed E-state index contributed by atoms with van der Waals surface area (Å²) >= 11 is 0. The molecule has 2 nitrogen and oxygen atoms in total. The van der Waals surface area contributed by atoms with Gasteiger partial charge in [-0.25, -0.2) is 0 Å². The van der Waals surface area contributed by atoms with Crippen LogP contribution in [0.5, 0.6) is 0 Å². The summed E-state index contributed by atoms with van der Waals surface area (Å²) in [6.45, 7) is 9.02. The molecule has 0 spiro atoms. The molecule has 3 fully saturated rings. The van der Waals surface area contributed by atoms with E-state index in [1.165, 1.54) is 19.3 Å². The fourth-order valence-corrected chi connectivity index (χ4v) is 4.27. The van der Waals surface area contributed by atoms with Gasteiger partial charge in [-0.3, -0.25) is 4.79 Å². The second-order valence-corrected chi connectivity index (χ2v) is 7.10. The highest BCUT2D eigenvalue weighted by Crippen LogP contribution is 2.64. The lowest BCUT2D eigenvalue weighted by Gasteiger charge is -2.63. The number of carboxylic acid groups (broad SMARTS) is 1. The van der Waals surface area contributed by atoms with Crippen molar-refractivity contribution in [1.82, 2.24) is 0 Å². The van der Waals surface area contributed by atoms with Crippen LogP contribution >= 0.6 is 0 Å². The van der Waals surface area contributed by atoms with Crippen molar-refractivity contribution in [3.63, 3.8) is 0 Å². The predicted molar refractivity (Wildman–Crippen MR) is 64.1 cm³/mol. The average Bonchev–Trinajstić information content (AvgIpc) is 2.15. The first-order chi connectivity index (χ1) is 7.25. The fraction of sp³-hybridized carbons (Fsp3) is 0.929. The summed E-state index contributed by atoms with van der Waals surface area (Å²) < 4.78 is 0. The van der Waals surface area contributed by atoms with Gasteiger partial charge < -0.3 is 5.11 Å². The van der Waals surface area contributed by atoms with Gasteiger partial charge in [-0.05, 0) is 47.8 Å². The van der Waals surface area contributed by atoms with Crippen LogP contribution in [0.15, 0.2) is 0 Å². The first-order valence-corrected chi connectivity index (χ1v) is 6.47. The molecule has 2 bridgehead atoms. The molecule has 3 saturated carbocycles. The van der Waals surface area contributed by atoms with E-state index in [9.17, 15) is 4.79 Å². The molecular formula is C14H24O2. The van der Waals surface area contributed by atoms with Gasteiger partial charge in [0.25, 0.3) is 0 Å². The predicted octanol–water partition coefficient (Wildman–Crippen LogP) is 3.56.